The molecule has 1 fully saturated rings. The van der Waals surface area contributed by atoms with Gasteiger partial charge in [0.05, 0.1) is 6.10 Å². The van der Waals surface area contributed by atoms with Gasteiger partial charge in [-0.25, -0.2) is 0 Å². The second-order valence-corrected chi connectivity index (χ2v) is 17.2. The first-order valence-electron chi connectivity index (χ1n) is 12.8. The predicted octanol–water partition coefficient (Wildman–Crippen LogP) is 9.22. The molecule has 2 rings (SSSR count). The first-order chi connectivity index (χ1) is 14.5. The molecule has 0 aliphatic carbocycles. The van der Waals surface area contributed by atoms with E-state index in [4.69, 9.17) is 4.43 Å². The fourth-order valence-corrected chi connectivity index (χ4v) is 13.1. The lowest BCUT2D eigenvalue weighted by molar-refractivity contribution is 0.181. The Morgan fingerprint density at radius 1 is 0.968 bits per heavy atom. The second-order valence-electron chi connectivity index (χ2n) is 11.9. The summed E-state index contributed by atoms with van der Waals surface area (Å²) in [6, 6.07) is 12.6. The molecule has 0 spiro atoms. The van der Waals surface area contributed by atoms with E-state index in [0.29, 0.717) is 17.7 Å². The third-order valence-corrected chi connectivity index (χ3v) is 14.9. The van der Waals surface area contributed by atoms with Crippen LogP contribution < -0.4 is 0 Å². The van der Waals surface area contributed by atoms with E-state index in [9.17, 15) is 0 Å². The SMILES string of the molecule is C/C=C/[C@@H]1O[Si](C(C)(C)C)(C(C)(C)C)C[C@@H](CC)[C@H](B(CC)CC)[C@H]1c1ccccc1. The molecule has 0 saturated carbocycles. The lowest BCUT2D eigenvalue weighted by atomic mass is 9.32. The zero-order valence-electron chi connectivity index (χ0n) is 22.2. The van der Waals surface area contributed by atoms with Crippen molar-refractivity contribution in [3.8, 4) is 0 Å². The van der Waals surface area contributed by atoms with Gasteiger partial charge >= 0.3 is 0 Å². The number of benzene rings is 1. The summed E-state index contributed by atoms with van der Waals surface area (Å²) in [5.74, 6) is 1.78. The maximum atomic E-state index is 7.59. The van der Waals surface area contributed by atoms with Gasteiger partial charge in [-0.1, -0.05) is 130 Å². The largest absolute Gasteiger partial charge is 0.409 e. The summed E-state index contributed by atoms with van der Waals surface area (Å²) >= 11 is 0. The minimum absolute atomic E-state index is 0.152. The number of hydrogen-bond acceptors (Lipinski definition) is 1. The van der Waals surface area contributed by atoms with Crippen molar-refractivity contribution < 1.29 is 4.43 Å². The highest BCUT2D eigenvalue weighted by molar-refractivity contribution is 6.79. The summed E-state index contributed by atoms with van der Waals surface area (Å²) in [6.45, 7) is 24.9. The van der Waals surface area contributed by atoms with E-state index in [1.807, 2.05) is 0 Å². The van der Waals surface area contributed by atoms with E-state index in [0.717, 1.165) is 6.71 Å². The highest BCUT2D eigenvalue weighted by Gasteiger charge is 2.60. The molecule has 1 aromatic carbocycles. The van der Waals surface area contributed by atoms with E-state index < -0.39 is 8.32 Å². The van der Waals surface area contributed by atoms with Crippen molar-refractivity contribution in [2.24, 2.45) is 5.92 Å². The molecule has 31 heavy (non-hydrogen) atoms. The third-order valence-electron chi connectivity index (χ3n) is 8.31. The van der Waals surface area contributed by atoms with Crippen molar-refractivity contribution in [3.05, 3.63) is 48.0 Å². The van der Waals surface area contributed by atoms with Crippen molar-refractivity contribution >= 4 is 15.0 Å². The van der Waals surface area contributed by atoms with Gasteiger partial charge in [0.25, 0.3) is 0 Å². The zero-order valence-corrected chi connectivity index (χ0v) is 23.2. The molecule has 174 valence electrons. The number of hydrogen-bond donors (Lipinski definition) is 0. The molecule has 4 atom stereocenters. The van der Waals surface area contributed by atoms with Gasteiger partial charge in [-0.15, -0.1) is 0 Å². The molecule has 1 aliphatic heterocycles. The van der Waals surface area contributed by atoms with E-state index >= 15 is 0 Å². The normalized spacial score (nSPS) is 27.3. The number of allylic oxidation sites excluding steroid dienone is 1. The summed E-state index contributed by atoms with van der Waals surface area (Å²) in [6.07, 6.45) is 8.54. The molecule has 1 aromatic rings. The highest BCUT2D eigenvalue weighted by atomic mass is 28.4. The maximum absolute atomic E-state index is 7.59. The molecule has 1 nitrogen and oxygen atoms in total. The maximum Gasteiger partial charge on any atom is 0.204 e. The molecule has 3 heteroatoms. The summed E-state index contributed by atoms with van der Waals surface area (Å²) in [4.78, 5) is 0. The van der Waals surface area contributed by atoms with Crippen molar-refractivity contribution in [1.82, 2.24) is 0 Å². The van der Waals surface area contributed by atoms with E-state index in [-0.39, 0.29) is 16.2 Å². The van der Waals surface area contributed by atoms with Crippen molar-refractivity contribution in [2.75, 3.05) is 0 Å². The Morgan fingerprint density at radius 3 is 1.94 bits per heavy atom. The summed E-state index contributed by atoms with van der Waals surface area (Å²) in [5, 5.41) is 0.366. The third kappa shape index (κ3) is 5.24. The van der Waals surface area contributed by atoms with Gasteiger partial charge in [-0.05, 0) is 34.5 Å². The molecule has 1 saturated heterocycles. The summed E-state index contributed by atoms with van der Waals surface area (Å²) in [7, 11) is -2.16. The van der Waals surface area contributed by atoms with Crippen LogP contribution in [0.5, 0.6) is 0 Å². The Morgan fingerprint density at radius 2 is 1.52 bits per heavy atom. The Bertz CT molecular complexity index is 682. The standard InChI is InChI=1S/C28H49BOSi/c1-11-18-24-25(23-19-16-15-17-20-23)26(29(13-3)14-4)22(12-2)21-31(30-24,27(5,6)7)28(8,9)10/h11,15-20,22,24-26H,12-14,21H2,1-10H3/b18-11+/t22-,24+,25+,26+/m1/s1. The van der Waals surface area contributed by atoms with Crippen molar-refractivity contribution in [3.63, 3.8) is 0 Å². The van der Waals surface area contributed by atoms with Gasteiger partial charge in [-0.3, -0.25) is 0 Å². The lowest BCUT2D eigenvalue weighted by Gasteiger charge is -2.52. The molecule has 1 aliphatic rings. The minimum atomic E-state index is -2.16. The Labute approximate surface area is 195 Å². The van der Waals surface area contributed by atoms with Crippen LogP contribution in [0, 0.1) is 5.92 Å². The van der Waals surface area contributed by atoms with E-state index in [2.05, 4.69) is 112 Å². The Balaban J connectivity index is 2.83. The van der Waals surface area contributed by atoms with Crippen LogP contribution in [0.3, 0.4) is 0 Å². The van der Waals surface area contributed by atoms with Crippen LogP contribution in [0.2, 0.25) is 34.6 Å². The highest BCUT2D eigenvalue weighted by Crippen LogP contribution is 2.61. The van der Waals surface area contributed by atoms with Crippen LogP contribution >= 0.6 is 0 Å². The van der Waals surface area contributed by atoms with Gasteiger partial charge in [0.1, 0.15) is 6.71 Å². The average molecular weight is 441 g/mol. The van der Waals surface area contributed by atoms with Crippen LogP contribution in [0.1, 0.15) is 87.1 Å². The molecule has 0 bridgehead atoms. The molecule has 0 radical (unpaired) electrons. The van der Waals surface area contributed by atoms with Crippen molar-refractivity contribution in [2.45, 2.75) is 122 Å². The quantitative estimate of drug-likeness (QED) is 0.316. The molecular weight excluding hydrogens is 391 g/mol. The van der Waals surface area contributed by atoms with Crippen LogP contribution in [0.25, 0.3) is 0 Å². The fraction of sp³-hybridized carbons (Fsp3) is 0.714. The molecule has 1 heterocycles. The molecule has 0 N–H and O–H groups in total. The molecule has 0 amide bonds. The van der Waals surface area contributed by atoms with Crippen LogP contribution in [-0.2, 0) is 4.43 Å². The van der Waals surface area contributed by atoms with Gasteiger partial charge in [0.2, 0.25) is 8.32 Å². The van der Waals surface area contributed by atoms with E-state index in [1.54, 1.807) is 0 Å². The average Bonchev–Trinajstić information content (AvgIpc) is 2.85. The smallest absolute Gasteiger partial charge is 0.204 e. The van der Waals surface area contributed by atoms with Crippen LogP contribution in [0.4, 0.5) is 0 Å². The Kier molecular flexibility index (Phi) is 8.90. The monoisotopic (exact) mass is 440 g/mol. The molecule has 0 aromatic heterocycles. The topological polar surface area (TPSA) is 9.23 Å². The van der Waals surface area contributed by atoms with Gasteiger partial charge in [-0.2, -0.15) is 0 Å². The lowest BCUT2D eigenvalue weighted by Crippen LogP contribution is -2.56. The Hall–Kier alpha value is -0.798. The van der Waals surface area contributed by atoms with Gasteiger partial charge < -0.3 is 4.43 Å². The molecule has 0 unspecified atom stereocenters. The number of rotatable bonds is 6. The fourth-order valence-electron chi connectivity index (χ4n) is 6.83. The van der Waals surface area contributed by atoms with Crippen LogP contribution in [0.15, 0.2) is 42.5 Å². The zero-order chi connectivity index (χ0) is 23.4. The predicted molar refractivity (Wildman–Crippen MR) is 143 cm³/mol. The van der Waals surface area contributed by atoms with Gasteiger partial charge in [0, 0.05) is 5.92 Å². The van der Waals surface area contributed by atoms with Crippen molar-refractivity contribution in [1.29, 1.82) is 0 Å². The van der Waals surface area contributed by atoms with E-state index in [1.165, 1.54) is 30.7 Å². The first kappa shape index (κ1) is 26.5. The summed E-state index contributed by atoms with van der Waals surface area (Å²) < 4.78 is 7.59. The van der Waals surface area contributed by atoms with Crippen LogP contribution in [-0.4, -0.2) is 21.1 Å². The minimum Gasteiger partial charge on any atom is -0.409 e. The first-order valence-corrected chi connectivity index (χ1v) is 14.9. The second kappa shape index (κ2) is 10.4. The molecular formula is C28H49BOSi. The van der Waals surface area contributed by atoms with Gasteiger partial charge in [0.15, 0.2) is 0 Å². The summed E-state index contributed by atoms with van der Waals surface area (Å²) in [5.41, 5.74) is 1.47.